The molecular weight excluding hydrogens is 298 g/mol. The molecule has 120 valence electrons. The maximum atomic E-state index is 12.3. The van der Waals surface area contributed by atoms with Crippen molar-refractivity contribution in [2.75, 3.05) is 6.61 Å². The van der Waals surface area contributed by atoms with E-state index in [1.165, 1.54) is 0 Å². The van der Waals surface area contributed by atoms with Crippen molar-refractivity contribution in [2.24, 2.45) is 0 Å². The second kappa shape index (κ2) is 5.79. The standard InChI is InChI=1S/C17H17NO5/c1-9-7-13(10(2)23-9)16(19)18-15(17(20)21)12-3-4-14-11(8-12)5-6-22-14/h3-4,7-8,15H,5-6H2,1-2H3,(H,18,19)(H,20,21). The lowest BCUT2D eigenvalue weighted by molar-refractivity contribution is -0.139. The minimum absolute atomic E-state index is 0.346. The van der Waals surface area contributed by atoms with E-state index >= 15 is 0 Å². The predicted octanol–water partition coefficient (Wildman–Crippen LogP) is 2.39. The SMILES string of the molecule is Cc1cc(C(=O)NC(C(=O)O)c2ccc3c(c2)CCO3)c(C)o1. The van der Waals surface area contributed by atoms with Crippen molar-refractivity contribution < 1.29 is 23.8 Å². The molecule has 1 aromatic heterocycles. The van der Waals surface area contributed by atoms with Crippen molar-refractivity contribution >= 4 is 11.9 Å². The van der Waals surface area contributed by atoms with Crippen LogP contribution >= 0.6 is 0 Å². The Kier molecular flexibility index (Phi) is 3.82. The van der Waals surface area contributed by atoms with E-state index < -0.39 is 17.9 Å². The van der Waals surface area contributed by atoms with E-state index in [4.69, 9.17) is 9.15 Å². The molecule has 1 atom stereocenters. The molecular formula is C17H17NO5. The Morgan fingerprint density at radius 2 is 2.04 bits per heavy atom. The fourth-order valence-corrected chi connectivity index (χ4v) is 2.74. The summed E-state index contributed by atoms with van der Waals surface area (Å²) in [4.78, 5) is 23.9. The Labute approximate surface area is 133 Å². The van der Waals surface area contributed by atoms with E-state index in [2.05, 4.69) is 5.32 Å². The van der Waals surface area contributed by atoms with E-state index in [9.17, 15) is 14.7 Å². The van der Waals surface area contributed by atoms with Crippen LogP contribution in [0.25, 0.3) is 0 Å². The molecule has 6 heteroatoms. The summed E-state index contributed by atoms with van der Waals surface area (Å²) >= 11 is 0. The average Bonchev–Trinajstić information content (AvgIpc) is 3.09. The highest BCUT2D eigenvalue weighted by molar-refractivity contribution is 5.97. The van der Waals surface area contributed by atoms with Gasteiger partial charge in [-0.1, -0.05) is 6.07 Å². The molecule has 2 heterocycles. The summed E-state index contributed by atoms with van der Waals surface area (Å²) in [6.45, 7) is 4.00. The lowest BCUT2D eigenvalue weighted by atomic mass is 10.0. The number of amides is 1. The fourth-order valence-electron chi connectivity index (χ4n) is 2.74. The van der Waals surface area contributed by atoms with Crippen LogP contribution in [-0.4, -0.2) is 23.6 Å². The third-order valence-corrected chi connectivity index (χ3v) is 3.85. The smallest absolute Gasteiger partial charge is 0.330 e. The first kappa shape index (κ1) is 15.1. The first-order valence-corrected chi connectivity index (χ1v) is 7.32. The number of carbonyl (C=O) groups is 2. The number of fused-ring (bicyclic) bond motifs is 1. The summed E-state index contributed by atoms with van der Waals surface area (Å²) in [6.07, 6.45) is 0.740. The van der Waals surface area contributed by atoms with Gasteiger partial charge < -0.3 is 19.6 Å². The fraction of sp³-hybridized carbons (Fsp3) is 0.294. The zero-order chi connectivity index (χ0) is 16.6. The summed E-state index contributed by atoms with van der Waals surface area (Å²) in [5.41, 5.74) is 1.82. The van der Waals surface area contributed by atoms with Crippen LogP contribution in [0.15, 0.2) is 28.7 Å². The number of furan rings is 1. The molecule has 0 radical (unpaired) electrons. The number of ether oxygens (including phenoxy) is 1. The number of carboxylic acids is 1. The Morgan fingerprint density at radius 1 is 1.26 bits per heavy atom. The summed E-state index contributed by atoms with van der Waals surface area (Å²) in [5.74, 6) is 0.254. The monoisotopic (exact) mass is 315 g/mol. The largest absolute Gasteiger partial charge is 0.493 e. The minimum atomic E-state index is -1.12. The Bertz CT molecular complexity index is 777. The quantitative estimate of drug-likeness (QED) is 0.904. The molecule has 1 amide bonds. The Morgan fingerprint density at radius 3 is 2.70 bits per heavy atom. The van der Waals surface area contributed by atoms with Crippen LogP contribution in [0.4, 0.5) is 0 Å². The van der Waals surface area contributed by atoms with Gasteiger partial charge in [0.1, 0.15) is 17.3 Å². The summed E-state index contributed by atoms with van der Waals surface area (Å²) in [5, 5.41) is 12.0. The molecule has 1 aliphatic rings. The molecule has 3 rings (SSSR count). The van der Waals surface area contributed by atoms with E-state index in [-0.39, 0.29) is 0 Å². The third-order valence-electron chi connectivity index (χ3n) is 3.85. The molecule has 1 aromatic carbocycles. The molecule has 0 fully saturated rings. The number of carboxylic acid groups (broad SMARTS) is 1. The van der Waals surface area contributed by atoms with Gasteiger partial charge in [0.25, 0.3) is 5.91 Å². The van der Waals surface area contributed by atoms with E-state index in [1.807, 2.05) is 0 Å². The van der Waals surface area contributed by atoms with Crippen LogP contribution in [-0.2, 0) is 11.2 Å². The molecule has 0 aliphatic carbocycles. The topological polar surface area (TPSA) is 88.8 Å². The molecule has 2 N–H and O–H groups in total. The Balaban J connectivity index is 1.86. The number of rotatable bonds is 4. The zero-order valence-electron chi connectivity index (χ0n) is 12.9. The van der Waals surface area contributed by atoms with Crippen LogP contribution in [0.5, 0.6) is 5.75 Å². The van der Waals surface area contributed by atoms with Gasteiger partial charge in [-0.25, -0.2) is 4.79 Å². The molecule has 0 saturated heterocycles. The van der Waals surface area contributed by atoms with Crippen molar-refractivity contribution in [1.29, 1.82) is 0 Å². The molecule has 0 spiro atoms. The summed E-state index contributed by atoms with van der Waals surface area (Å²) < 4.78 is 10.7. The van der Waals surface area contributed by atoms with Crippen LogP contribution in [0, 0.1) is 13.8 Å². The van der Waals surface area contributed by atoms with Gasteiger partial charge in [-0.2, -0.15) is 0 Å². The number of hydrogen-bond acceptors (Lipinski definition) is 4. The van der Waals surface area contributed by atoms with Crippen molar-refractivity contribution in [1.82, 2.24) is 5.32 Å². The van der Waals surface area contributed by atoms with Gasteiger partial charge in [0.05, 0.1) is 12.2 Å². The third kappa shape index (κ3) is 2.92. The lowest BCUT2D eigenvalue weighted by Crippen LogP contribution is -2.33. The number of nitrogens with one attached hydrogen (secondary N) is 1. The second-order valence-electron chi connectivity index (χ2n) is 5.54. The Hall–Kier alpha value is -2.76. The van der Waals surface area contributed by atoms with Gasteiger partial charge in [-0.15, -0.1) is 0 Å². The number of carbonyl (C=O) groups excluding carboxylic acids is 1. The first-order valence-electron chi connectivity index (χ1n) is 7.32. The van der Waals surface area contributed by atoms with E-state index in [1.54, 1.807) is 38.1 Å². The average molecular weight is 315 g/mol. The minimum Gasteiger partial charge on any atom is -0.493 e. The molecule has 0 bridgehead atoms. The normalized spacial score (nSPS) is 14.0. The molecule has 1 aliphatic heterocycles. The molecule has 2 aromatic rings. The highest BCUT2D eigenvalue weighted by atomic mass is 16.5. The second-order valence-corrected chi connectivity index (χ2v) is 5.54. The highest BCUT2D eigenvalue weighted by Gasteiger charge is 2.26. The van der Waals surface area contributed by atoms with E-state index in [0.29, 0.717) is 29.3 Å². The maximum Gasteiger partial charge on any atom is 0.330 e. The van der Waals surface area contributed by atoms with Crippen molar-refractivity contribution in [3.05, 3.63) is 52.5 Å². The van der Waals surface area contributed by atoms with Crippen LogP contribution in [0.1, 0.15) is 39.0 Å². The van der Waals surface area contributed by atoms with Gasteiger partial charge >= 0.3 is 5.97 Å². The van der Waals surface area contributed by atoms with Gasteiger partial charge in [-0.05, 0) is 43.2 Å². The van der Waals surface area contributed by atoms with Crippen LogP contribution < -0.4 is 10.1 Å². The van der Waals surface area contributed by atoms with Crippen molar-refractivity contribution in [2.45, 2.75) is 26.3 Å². The molecule has 1 unspecified atom stereocenters. The van der Waals surface area contributed by atoms with Crippen LogP contribution in [0.2, 0.25) is 0 Å². The van der Waals surface area contributed by atoms with Crippen molar-refractivity contribution in [3.8, 4) is 5.75 Å². The number of aryl methyl sites for hydroxylation is 2. The molecule has 6 nitrogen and oxygen atoms in total. The van der Waals surface area contributed by atoms with E-state index in [0.717, 1.165) is 17.7 Å². The van der Waals surface area contributed by atoms with Gasteiger partial charge in [0, 0.05) is 6.42 Å². The first-order chi connectivity index (χ1) is 11.0. The van der Waals surface area contributed by atoms with Crippen molar-refractivity contribution in [3.63, 3.8) is 0 Å². The summed E-state index contributed by atoms with van der Waals surface area (Å²) in [7, 11) is 0. The molecule has 23 heavy (non-hydrogen) atoms. The van der Waals surface area contributed by atoms with Gasteiger partial charge in [-0.3, -0.25) is 4.79 Å². The predicted molar refractivity (Wildman–Crippen MR) is 81.7 cm³/mol. The van der Waals surface area contributed by atoms with Gasteiger partial charge in [0.2, 0.25) is 0 Å². The van der Waals surface area contributed by atoms with Gasteiger partial charge in [0.15, 0.2) is 6.04 Å². The number of hydrogen-bond donors (Lipinski definition) is 2. The summed E-state index contributed by atoms with van der Waals surface area (Å²) in [6, 6.07) is 5.65. The van der Waals surface area contributed by atoms with Crippen LogP contribution in [0.3, 0.4) is 0 Å². The number of benzene rings is 1. The highest BCUT2D eigenvalue weighted by Crippen LogP contribution is 2.28. The molecule has 0 saturated carbocycles. The maximum absolute atomic E-state index is 12.3. The number of aliphatic carboxylic acids is 1. The lowest BCUT2D eigenvalue weighted by Gasteiger charge is -2.15. The zero-order valence-corrected chi connectivity index (χ0v) is 12.9.